The Hall–Kier alpha value is -2.30. The first-order chi connectivity index (χ1) is 11.6. The molecule has 0 spiro atoms. The summed E-state index contributed by atoms with van der Waals surface area (Å²) in [6, 6.07) is 7.85. The summed E-state index contributed by atoms with van der Waals surface area (Å²) in [5.74, 6) is 0.221. The van der Waals surface area contributed by atoms with Crippen LogP contribution in [0.25, 0.3) is 11.0 Å². The van der Waals surface area contributed by atoms with Crippen molar-refractivity contribution in [2.24, 2.45) is 11.8 Å². The normalized spacial score (nSPS) is 20.8. The second-order valence-electron chi connectivity index (χ2n) is 6.48. The minimum atomic E-state index is -0.247. The average Bonchev–Trinajstić information content (AvgIpc) is 2.95. The Labute approximate surface area is 141 Å². The second kappa shape index (κ2) is 7.07. The van der Waals surface area contributed by atoms with Gasteiger partial charge in [-0.1, -0.05) is 31.0 Å². The highest BCUT2D eigenvalue weighted by molar-refractivity contribution is 5.88. The fourth-order valence-corrected chi connectivity index (χ4v) is 3.64. The van der Waals surface area contributed by atoms with E-state index in [4.69, 9.17) is 4.42 Å². The third kappa shape index (κ3) is 3.16. The maximum Gasteiger partial charge on any atom is 0.224 e. The van der Waals surface area contributed by atoms with Crippen LogP contribution in [0.3, 0.4) is 0 Å². The van der Waals surface area contributed by atoms with Gasteiger partial charge in [0.1, 0.15) is 11.3 Å². The lowest BCUT2D eigenvalue weighted by atomic mass is 9.78. The highest BCUT2D eigenvalue weighted by atomic mass is 16.3. The maximum atomic E-state index is 12.6. The summed E-state index contributed by atoms with van der Waals surface area (Å²) in [5, 5.41) is 6.72. The van der Waals surface area contributed by atoms with Gasteiger partial charge >= 0.3 is 0 Å². The van der Waals surface area contributed by atoms with Gasteiger partial charge in [0.05, 0.1) is 6.54 Å². The fourth-order valence-electron chi connectivity index (χ4n) is 3.64. The third-order valence-electron chi connectivity index (χ3n) is 5.05. The number of benzene rings is 1. The molecule has 2 N–H and O–H groups in total. The number of hydrogen-bond donors (Lipinski definition) is 2. The molecule has 2 atom stereocenters. The molecular formula is C19H24N2O3. The number of furan rings is 1. The lowest BCUT2D eigenvalue weighted by Gasteiger charge is -2.29. The molecule has 1 aliphatic rings. The Morgan fingerprint density at radius 2 is 1.79 bits per heavy atom. The zero-order chi connectivity index (χ0) is 17.1. The first kappa shape index (κ1) is 16.6. The summed E-state index contributed by atoms with van der Waals surface area (Å²) in [6.45, 7) is 2.36. The molecule has 0 aliphatic heterocycles. The fraction of sp³-hybridized carbons (Fsp3) is 0.474. The van der Waals surface area contributed by atoms with Gasteiger partial charge in [0, 0.05) is 29.8 Å². The van der Waals surface area contributed by atoms with Crippen molar-refractivity contribution < 1.29 is 14.0 Å². The minimum absolute atomic E-state index is 0.0326. The van der Waals surface area contributed by atoms with Crippen molar-refractivity contribution >= 4 is 22.8 Å². The van der Waals surface area contributed by atoms with Crippen molar-refractivity contribution in [1.29, 1.82) is 0 Å². The summed E-state index contributed by atoms with van der Waals surface area (Å²) >= 11 is 0. The van der Waals surface area contributed by atoms with E-state index in [9.17, 15) is 9.59 Å². The van der Waals surface area contributed by atoms with Gasteiger partial charge in [0.15, 0.2) is 0 Å². The number of fused-ring (bicyclic) bond motifs is 1. The van der Waals surface area contributed by atoms with Crippen LogP contribution >= 0.6 is 0 Å². The molecule has 1 aromatic heterocycles. The van der Waals surface area contributed by atoms with Crippen LogP contribution < -0.4 is 10.6 Å². The van der Waals surface area contributed by atoms with E-state index in [1.54, 1.807) is 7.05 Å². The Morgan fingerprint density at radius 1 is 1.12 bits per heavy atom. The van der Waals surface area contributed by atoms with Crippen LogP contribution in [-0.4, -0.2) is 18.9 Å². The van der Waals surface area contributed by atoms with Crippen LogP contribution in [0.2, 0.25) is 0 Å². The number of hydrogen-bond acceptors (Lipinski definition) is 3. The zero-order valence-electron chi connectivity index (χ0n) is 14.2. The molecule has 0 radical (unpaired) electrons. The van der Waals surface area contributed by atoms with Gasteiger partial charge in [-0.15, -0.1) is 0 Å². The Balaban J connectivity index is 1.69. The van der Waals surface area contributed by atoms with Gasteiger partial charge in [0.2, 0.25) is 11.8 Å². The van der Waals surface area contributed by atoms with E-state index < -0.39 is 0 Å². The van der Waals surface area contributed by atoms with E-state index in [2.05, 4.69) is 10.6 Å². The second-order valence-corrected chi connectivity index (χ2v) is 6.48. The molecule has 5 nitrogen and oxygen atoms in total. The van der Waals surface area contributed by atoms with E-state index >= 15 is 0 Å². The van der Waals surface area contributed by atoms with Gasteiger partial charge < -0.3 is 15.1 Å². The van der Waals surface area contributed by atoms with Crippen LogP contribution in [0.15, 0.2) is 28.7 Å². The van der Waals surface area contributed by atoms with E-state index in [-0.39, 0.29) is 23.7 Å². The van der Waals surface area contributed by atoms with Crippen LogP contribution in [0.5, 0.6) is 0 Å². The highest BCUT2D eigenvalue weighted by Gasteiger charge is 2.35. The SMILES string of the molecule is CNC(=O)[C@@H]1CCCC[C@@H]1C(=O)NCc1oc2ccccc2c1C. The number of amides is 2. The molecular weight excluding hydrogens is 304 g/mol. The number of nitrogens with one attached hydrogen (secondary N) is 2. The summed E-state index contributed by atoms with van der Waals surface area (Å²) in [7, 11) is 1.63. The molecule has 1 heterocycles. The standard InChI is InChI=1S/C19H24N2O3/c1-12-13-7-5-6-10-16(13)24-17(12)11-21-19(23)15-9-4-3-8-14(15)18(22)20-2/h5-7,10,14-15H,3-4,8-9,11H2,1-2H3,(H,20,22)(H,21,23)/t14-,15+/m1/s1. The number of carbonyl (C=O) groups excluding carboxylic acids is 2. The number of aryl methyl sites for hydroxylation is 1. The van der Waals surface area contributed by atoms with Crippen molar-refractivity contribution in [3.05, 3.63) is 35.6 Å². The van der Waals surface area contributed by atoms with Gasteiger partial charge in [-0.25, -0.2) is 0 Å². The predicted molar refractivity (Wildman–Crippen MR) is 92.3 cm³/mol. The van der Waals surface area contributed by atoms with Crippen molar-refractivity contribution in [1.82, 2.24) is 10.6 Å². The molecule has 2 aromatic rings. The lowest BCUT2D eigenvalue weighted by molar-refractivity contribution is -0.136. The van der Waals surface area contributed by atoms with E-state index in [0.717, 1.165) is 48.0 Å². The van der Waals surface area contributed by atoms with Crippen molar-refractivity contribution in [3.63, 3.8) is 0 Å². The summed E-state index contributed by atoms with van der Waals surface area (Å²) in [4.78, 5) is 24.6. The first-order valence-electron chi connectivity index (χ1n) is 8.58. The molecule has 5 heteroatoms. The number of carbonyl (C=O) groups is 2. The Bertz CT molecular complexity index is 750. The summed E-state index contributed by atoms with van der Waals surface area (Å²) in [5.41, 5.74) is 1.89. The van der Waals surface area contributed by atoms with E-state index in [1.807, 2.05) is 31.2 Å². The Kier molecular flexibility index (Phi) is 4.88. The smallest absolute Gasteiger partial charge is 0.224 e. The molecule has 3 rings (SSSR count). The molecule has 2 amide bonds. The topological polar surface area (TPSA) is 71.3 Å². The molecule has 1 aromatic carbocycles. The number of para-hydroxylation sites is 1. The quantitative estimate of drug-likeness (QED) is 0.906. The first-order valence-corrected chi connectivity index (χ1v) is 8.58. The molecule has 24 heavy (non-hydrogen) atoms. The highest BCUT2D eigenvalue weighted by Crippen LogP contribution is 2.31. The molecule has 0 bridgehead atoms. The summed E-state index contributed by atoms with van der Waals surface area (Å²) in [6.07, 6.45) is 3.55. The van der Waals surface area contributed by atoms with Gasteiger partial charge in [-0.05, 0) is 25.8 Å². The minimum Gasteiger partial charge on any atom is -0.459 e. The summed E-state index contributed by atoms with van der Waals surface area (Å²) < 4.78 is 5.84. The average molecular weight is 328 g/mol. The van der Waals surface area contributed by atoms with Crippen molar-refractivity contribution in [2.45, 2.75) is 39.2 Å². The molecule has 1 fully saturated rings. The largest absolute Gasteiger partial charge is 0.459 e. The van der Waals surface area contributed by atoms with Crippen LogP contribution in [-0.2, 0) is 16.1 Å². The molecule has 1 saturated carbocycles. The number of rotatable bonds is 4. The molecule has 1 aliphatic carbocycles. The molecule has 0 saturated heterocycles. The zero-order valence-corrected chi connectivity index (χ0v) is 14.2. The predicted octanol–water partition coefficient (Wildman–Crippen LogP) is 2.91. The van der Waals surface area contributed by atoms with E-state index in [1.165, 1.54) is 0 Å². The Morgan fingerprint density at radius 3 is 2.46 bits per heavy atom. The van der Waals surface area contributed by atoms with Gasteiger partial charge in [0.25, 0.3) is 0 Å². The lowest BCUT2D eigenvalue weighted by Crippen LogP contribution is -2.42. The van der Waals surface area contributed by atoms with Crippen molar-refractivity contribution in [2.75, 3.05) is 7.05 Å². The third-order valence-corrected chi connectivity index (χ3v) is 5.05. The van der Waals surface area contributed by atoms with Crippen LogP contribution in [0.1, 0.15) is 37.0 Å². The van der Waals surface area contributed by atoms with Crippen LogP contribution in [0.4, 0.5) is 0 Å². The molecule has 128 valence electrons. The van der Waals surface area contributed by atoms with Crippen LogP contribution in [0, 0.1) is 18.8 Å². The van der Waals surface area contributed by atoms with E-state index in [0.29, 0.717) is 6.54 Å². The molecule has 0 unspecified atom stereocenters. The monoisotopic (exact) mass is 328 g/mol. The van der Waals surface area contributed by atoms with Gasteiger partial charge in [-0.3, -0.25) is 9.59 Å². The maximum absolute atomic E-state index is 12.6. The van der Waals surface area contributed by atoms with Gasteiger partial charge in [-0.2, -0.15) is 0 Å². The van der Waals surface area contributed by atoms with Crippen molar-refractivity contribution in [3.8, 4) is 0 Å².